The lowest BCUT2D eigenvalue weighted by molar-refractivity contribution is -0.127. The number of hydrogen-bond donors (Lipinski definition) is 1. The molecule has 0 aromatic heterocycles. The fourth-order valence-electron chi connectivity index (χ4n) is 1.22. The van der Waals surface area contributed by atoms with Crippen LogP contribution in [0.1, 0.15) is 20.3 Å². The van der Waals surface area contributed by atoms with Crippen molar-refractivity contribution in [3.8, 4) is 0 Å². The zero-order valence-corrected chi connectivity index (χ0v) is 9.84. The van der Waals surface area contributed by atoms with Gasteiger partial charge in [-0.3, -0.25) is 9.59 Å². The summed E-state index contributed by atoms with van der Waals surface area (Å²) in [6, 6.07) is 0.153. The lowest BCUT2D eigenvalue weighted by Gasteiger charge is -2.20. The van der Waals surface area contributed by atoms with Gasteiger partial charge in [0.15, 0.2) is 0 Å². The van der Waals surface area contributed by atoms with E-state index in [1.54, 1.807) is 11.1 Å². The average molecular weight is 228 g/mol. The van der Waals surface area contributed by atoms with Crippen molar-refractivity contribution in [3.63, 3.8) is 0 Å². The Balaban J connectivity index is 2.30. The van der Waals surface area contributed by atoms with Crippen LogP contribution in [-0.2, 0) is 9.59 Å². The van der Waals surface area contributed by atoms with Crippen molar-refractivity contribution < 1.29 is 9.59 Å². The zero-order valence-electron chi connectivity index (χ0n) is 9.03. The van der Waals surface area contributed by atoms with Crippen LogP contribution in [0.25, 0.3) is 0 Å². The van der Waals surface area contributed by atoms with E-state index < -0.39 is 0 Å². The number of rotatable bonds is 4. The smallest absolute Gasteiger partial charge is 0.236 e. The first-order chi connectivity index (χ1) is 7.09. The minimum atomic E-state index is -0.00979. The molecule has 1 aliphatic rings. The van der Waals surface area contributed by atoms with Crippen molar-refractivity contribution in [2.24, 2.45) is 0 Å². The first kappa shape index (κ1) is 12.1. The van der Waals surface area contributed by atoms with Crippen molar-refractivity contribution in [2.75, 3.05) is 12.3 Å². The second kappa shape index (κ2) is 5.80. The van der Waals surface area contributed by atoms with Gasteiger partial charge in [0.25, 0.3) is 0 Å². The van der Waals surface area contributed by atoms with E-state index >= 15 is 0 Å². The molecule has 84 valence electrons. The molecule has 4 nitrogen and oxygen atoms in total. The zero-order chi connectivity index (χ0) is 11.3. The van der Waals surface area contributed by atoms with Gasteiger partial charge < -0.3 is 10.2 Å². The van der Waals surface area contributed by atoms with Crippen LogP contribution in [0.4, 0.5) is 0 Å². The maximum atomic E-state index is 11.4. The van der Waals surface area contributed by atoms with E-state index in [2.05, 4.69) is 5.32 Å². The molecule has 1 aliphatic heterocycles. The molecule has 0 spiro atoms. The van der Waals surface area contributed by atoms with Gasteiger partial charge in [-0.25, -0.2) is 0 Å². The Morgan fingerprint density at radius 2 is 2.40 bits per heavy atom. The topological polar surface area (TPSA) is 49.4 Å². The van der Waals surface area contributed by atoms with Crippen molar-refractivity contribution in [3.05, 3.63) is 11.6 Å². The van der Waals surface area contributed by atoms with E-state index in [0.717, 1.165) is 0 Å². The Morgan fingerprint density at radius 1 is 1.67 bits per heavy atom. The fourth-order valence-corrected chi connectivity index (χ4v) is 1.85. The highest BCUT2D eigenvalue weighted by Crippen LogP contribution is 2.12. The van der Waals surface area contributed by atoms with Crippen LogP contribution in [0, 0.1) is 0 Å². The monoisotopic (exact) mass is 228 g/mol. The van der Waals surface area contributed by atoms with Crippen molar-refractivity contribution in [2.45, 2.75) is 26.3 Å². The second-order valence-corrected chi connectivity index (χ2v) is 4.55. The number of nitrogens with one attached hydrogen (secondary N) is 1. The Labute approximate surface area is 94.1 Å². The predicted octanol–water partition coefficient (Wildman–Crippen LogP) is 0.948. The molecule has 0 atom stereocenters. The summed E-state index contributed by atoms with van der Waals surface area (Å²) in [5, 5.41) is 4.67. The maximum Gasteiger partial charge on any atom is 0.236 e. The van der Waals surface area contributed by atoms with Gasteiger partial charge in [-0.05, 0) is 19.3 Å². The second-order valence-electron chi connectivity index (χ2n) is 3.66. The SMILES string of the molecule is CC(C)NC(=O)CCN1C=CSCC1=O. The van der Waals surface area contributed by atoms with Crippen molar-refractivity contribution in [1.82, 2.24) is 10.2 Å². The minimum absolute atomic E-state index is 0.00979. The summed E-state index contributed by atoms with van der Waals surface area (Å²) in [7, 11) is 0. The number of carbonyl (C=O) groups excluding carboxylic acids is 2. The van der Waals surface area contributed by atoms with Crippen LogP contribution in [-0.4, -0.2) is 35.1 Å². The molecule has 0 bridgehead atoms. The van der Waals surface area contributed by atoms with Crippen molar-refractivity contribution >= 4 is 23.6 Å². The van der Waals surface area contributed by atoms with E-state index in [-0.39, 0.29) is 17.9 Å². The molecular formula is C10H16N2O2S. The summed E-state index contributed by atoms with van der Waals surface area (Å²) in [5.41, 5.74) is 0. The number of amides is 2. The lowest BCUT2D eigenvalue weighted by Crippen LogP contribution is -2.35. The van der Waals surface area contributed by atoms with Gasteiger partial charge in [-0.2, -0.15) is 0 Å². The summed E-state index contributed by atoms with van der Waals surface area (Å²) in [5.74, 6) is 0.534. The fraction of sp³-hybridized carbons (Fsp3) is 0.600. The molecular weight excluding hydrogens is 212 g/mol. The molecule has 15 heavy (non-hydrogen) atoms. The lowest BCUT2D eigenvalue weighted by atomic mass is 10.3. The third-order valence-corrected chi connectivity index (χ3v) is 2.62. The Bertz CT molecular complexity index is 277. The number of nitrogens with zero attached hydrogens (tertiary/aromatic N) is 1. The molecule has 0 unspecified atom stereocenters. The van der Waals surface area contributed by atoms with Crippen LogP contribution in [0.2, 0.25) is 0 Å². The molecule has 0 aromatic rings. The summed E-state index contributed by atoms with van der Waals surface area (Å²) < 4.78 is 0. The third-order valence-electron chi connectivity index (χ3n) is 1.89. The van der Waals surface area contributed by atoms with Gasteiger partial charge in [-0.1, -0.05) is 0 Å². The quantitative estimate of drug-likeness (QED) is 0.779. The maximum absolute atomic E-state index is 11.4. The van der Waals surface area contributed by atoms with E-state index in [1.807, 2.05) is 19.3 Å². The van der Waals surface area contributed by atoms with Crippen LogP contribution < -0.4 is 5.32 Å². The van der Waals surface area contributed by atoms with E-state index in [4.69, 9.17) is 0 Å². The molecule has 1 heterocycles. The van der Waals surface area contributed by atoms with E-state index in [0.29, 0.717) is 18.7 Å². The van der Waals surface area contributed by atoms with Crippen LogP contribution in [0.5, 0.6) is 0 Å². The molecule has 1 N–H and O–H groups in total. The Hall–Kier alpha value is -0.970. The highest BCUT2D eigenvalue weighted by molar-refractivity contribution is 8.02. The molecule has 0 aliphatic carbocycles. The molecule has 0 radical (unpaired) electrons. The molecule has 0 saturated carbocycles. The summed E-state index contributed by atoms with van der Waals surface area (Å²) in [6.07, 6.45) is 2.10. The van der Waals surface area contributed by atoms with Gasteiger partial charge in [0.1, 0.15) is 0 Å². The number of thioether (sulfide) groups is 1. The Morgan fingerprint density at radius 3 is 3.00 bits per heavy atom. The van der Waals surface area contributed by atoms with Crippen LogP contribution >= 0.6 is 11.8 Å². The minimum Gasteiger partial charge on any atom is -0.354 e. The Kier molecular flexibility index (Phi) is 4.68. The standard InChI is InChI=1S/C10H16N2O2S/c1-8(2)11-9(13)3-4-12-5-6-15-7-10(12)14/h5-6,8H,3-4,7H2,1-2H3,(H,11,13). The number of hydrogen-bond acceptors (Lipinski definition) is 3. The molecule has 5 heteroatoms. The first-order valence-corrected chi connectivity index (χ1v) is 6.01. The van der Waals surface area contributed by atoms with E-state index in [1.165, 1.54) is 11.8 Å². The molecule has 1 rings (SSSR count). The van der Waals surface area contributed by atoms with E-state index in [9.17, 15) is 9.59 Å². The van der Waals surface area contributed by atoms with Gasteiger partial charge in [0.2, 0.25) is 11.8 Å². The predicted molar refractivity (Wildman–Crippen MR) is 61.2 cm³/mol. The summed E-state index contributed by atoms with van der Waals surface area (Å²) in [4.78, 5) is 24.3. The molecule has 2 amide bonds. The summed E-state index contributed by atoms with van der Waals surface area (Å²) in [6.45, 7) is 4.30. The molecule has 0 saturated heterocycles. The van der Waals surface area contributed by atoms with Gasteiger partial charge in [-0.15, -0.1) is 11.8 Å². The highest BCUT2D eigenvalue weighted by atomic mass is 32.2. The molecule has 0 fully saturated rings. The van der Waals surface area contributed by atoms with Gasteiger partial charge >= 0.3 is 0 Å². The van der Waals surface area contributed by atoms with Crippen LogP contribution in [0.15, 0.2) is 11.6 Å². The number of carbonyl (C=O) groups is 2. The average Bonchev–Trinajstić information content (AvgIpc) is 2.15. The largest absolute Gasteiger partial charge is 0.354 e. The third kappa shape index (κ3) is 4.38. The summed E-state index contributed by atoms with van der Waals surface area (Å²) >= 11 is 1.48. The van der Waals surface area contributed by atoms with Gasteiger partial charge in [0.05, 0.1) is 5.75 Å². The van der Waals surface area contributed by atoms with Crippen molar-refractivity contribution in [1.29, 1.82) is 0 Å². The normalized spacial score (nSPS) is 15.9. The molecule has 0 aromatic carbocycles. The van der Waals surface area contributed by atoms with Crippen LogP contribution in [0.3, 0.4) is 0 Å². The van der Waals surface area contributed by atoms with Gasteiger partial charge in [0, 0.05) is 25.2 Å². The highest BCUT2D eigenvalue weighted by Gasteiger charge is 2.15. The first-order valence-electron chi connectivity index (χ1n) is 4.96.